The number of aromatic nitrogens is 2. The summed E-state index contributed by atoms with van der Waals surface area (Å²) < 4.78 is 0. The summed E-state index contributed by atoms with van der Waals surface area (Å²) in [6.07, 6.45) is 6.75. The fourth-order valence-electron chi connectivity index (χ4n) is 1.54. The molecule has 0 aromatic carbocycles. The molecule has 0 amide bonds. The predicted molar refractivity (Wildman–Crippen MR) is 77.2 cm³/mol. The van der Waals surface area contributed by atoms with Gasteiger partial charge >= 0.3 is 0 Å². The maximum atomic E-state index is 12.1. The Morgan fingerprint density at radius 3 is 2.63 bits per heavy atom. The molecule has 0 unspecified atom stereocenters. The molecule has 2 heterocycles. The van der Waals surface area contributed by atoms with Crippen LogP contribution in [0.2, 0.25) is 0 Å². The van der Waals surface area contributed by atoms with Gasteiger partial charge in [-0.3, -0.25) is 9.78 Å². The Labute approximate surface area is 116 Å². The molecule has 2 rings (SSSR count). The molecule has 0 aliphatic rings. The highest BCUT2D eigenvalue weighted by Crippen LogP contribution is 2.27. The Bertz CT molecular complexity index is 602. The molecule has 0 atom stereocenters. The number of allylic oxidation sites excluding steroid dienone is 1. The smallest absolute Gasteiger partial charge is 0.199 e. The van der Waals surface area contributed by atoms with Crippen LogP contribution >= 0.6 is 11.3 Å². The van der Waals surface area contributed by atoms with E-state index in [1.165, 1.54) is 11.3 Å². The lowest BCUT2D eigenvalue weighted by Crippen LogP contribution is -2.02. The van der Waals surface area contributed by atoms with Gasteiger partial charge < -0.3 is 4.90 Å². The van der Waals surface area contributed by atoms with Crippen LogP contribution in [0.25, 0.3) is 10.6 Å². The Morgan fingerprint density at radius 2 is 2.00 bits per heavy atom. The minimum absolute atomic E-state index is 0.0102. The molecule has 98 valence electrons. The van der Waals surface area contributed by atoms with E-state index in [4.69, 9.17) is 0 Å². The number of ketones is 1. The van der Waals surface area contributed by atoms with Crippen molar-refractivity contribution in [3.8, 4) is 10.6 Å². The summed E-state index contributed by atoms with van der Waals surface area (Å²) >= 11 is 1.41. The van der Waals surface area contributed by atoms with Crippen molar-refractivity contribution < 1.29 is 4.79 Å². The first-order valence-corrected chi connectivity index (χ1v) is 6.66. The van der Waals surface area contributed by atoms with Crippen molar-refractivity contribution in [1.29, 1.82) is 0 Å². The van der Waals surface area contributed by atoms with E-state index in [-0.39, 0.29) is 5.78 Å². The second-order valence-corrected chi connectivity index (χ2v) is 5.31. The summed E-state index contributed by atoms with van der Waals surface area (Å²) in [6.45, 7) is 1.86. The predicted octanol–water partition coefficient (Wildman–Crippen LogP) is 2.77. The molecular formula is C14H15N3OS. The number of rotatable bonds is 4. The van der Waals surface area contributed by atoms with Gasteiger partial charge in [0.2, 0.25) is 0 Å². The first kappa shape index (κ1) is 13.4. The van der Waals surface area contributed by atoms with Crippen LogP contribution in [0, 0.1) is 6.92 Å². The third-order valence-corrected chi connectivity index (χ3v) is 3.69. The van der Waals surface area contributed by atoms with Crippen molar-refractivity contribution in [2.75, 3.05) is 14.1 Å². The summed E-state index contributed by atoms with van der Waals surface area (Å²) in [7, 11) is 3.76. The number of aryl methyl sites for hydroxylation is 1. The van der Waals surface area contributed by atoms with Crippen LogP contribution in [0.4, 0.5) is 0 Å². The topological polar surface area (TPSA) is 46.1 Å². The second kappa shape index (κ2) is 5.75. The highest BCUT2D eigenvalue weighted by molar-refractivity contribution is 7.17. The van der Waals surface area contributed by atoms with E-state index >= 15 is 0 Å². The lowest BCUT2D eigenvalue weighted by molar-refractivity contribution is 0.104. The normalized spacial score (nSPS) is 10.9. The maximum absolute atomic E-state index is 12.1. The quantitative estimate of drug-likeness (QED) is 0.635. The van der Waals surface area contributed by atoms with E-state index in [2.05, 4.69) is 9.97 Å². The van der Waals surface area contributed by atoms with Crippen LogP contribution in [0.3, 0.4) is 0 Å². The number of hydrogen-bond donors (Lipinski definition) is 0. The van der Waals surface area contributed by atoms with Crippen molar-refractivity contribution in [3.05, 3.63) is 47.4 Å². The molecule has 2 aromatic rings. The molecule has 2 aromatic heterocycles. The van der Waals surface area contributed by atoms with E-state index in [9.17, 15) is 4.79 Å². The van der Waals surface area contributed by atoms with Crippen LogP contribution in [0.5, 0.6) is 0 Å². The van der Waals surface area contributed by atoms with E-state index in [1.807, 2.05) is 38.1 Å². The Hall–Kier alpha value is -2.01. The molecule has 0 aliphatic heterocycles. The Kier molecular flexibility index (Phi) is 4.06. The van der Waals surface area contributed by atoms with Gasteiger partial charge in [0.25, 0.3) is 0 Å². The van der Waals surface area contributed by atoms with Crippen molar-refractivity contribution in [2.24, 2.45) is 0 Å². The van der Waals surface area contributed by atoms with Crippen molar-refractivity contribution in [3.63, 3.8) is 0 Å². The average molecular weight is 273 g/mol. The monoisotopic (exact) mass is 273 g/mol. The van der Waals surface area contributed by atoms with Crippen LogP contribution in [-0.2, 0) is 0 Å². The zero-order valence-corrected chi connectivity index (χ0v) is 11.9. The van der Waals surface area contributed by atoms with Gasteiger partial charge in [-0.2, -0.15) is 0 Å². The number of carbonyl (C=O) groups excluding carboxylic acids is 1. The zero-order valence-electron chi connectivity index (χ0n) is 11.1. The van der Waals surface area contributed by atoms with Crippen LogP contribution < -0.4 is 0 Å². The standard InChI is InChI=1S/C14H15N3OS/c1-10-13(12(18)6-9-17(2)3)19-14(16-10)11-4-7-15-8-5-11/h4-9H,1-3H3/b9-6+. The lowest BCUT2D eigenvalue weighted by atomic mass is 10.2. The van der Waals surface area contributed by atoms with Crippen molar-refractivity contribution >= 4 is 17.1 Å². The first-order valence-electron chi connectivity index (χ1n) is 5.84. The fourth-order valence-corrected chi connectivity index (χ4v) is 2.53. The maximum Gasteiger partial charge on any atom is 0.199 e. The number of hydrogen-bond acceptors (Lipinski definition) is 5. The number of pyridine rings is 1. The number of thiazole rings is 1. The number of carbonyl (C=O) groups is 1. The van der Waals surface area contributed by atoms with Gasteiger partial charge in [0.1, 0.15) is 5.01 Å². The van der Waals surface area contributed by atoms with Gasteiger partial charge in [0.05, 0.1) is 10.6 Å². The lowest BCUT2D eigenvalue weighted by Gasteiger charge is -2.01. The number of nitrogens with zero attached hydrogens (tertiary/aromatic N) is 3. The van der Waals surface area contributed by atoms with Crippen LogP contribution in [0.1, 0.15) is 15.4 Å². The molecular weight excluding hydrogens is 258 g/mol. The molecule has 0 N–H and O–H groups in total. The molecule has 0 fully saturated rings. The summed E-state index contributed by atoms with van der Waals surface area (Å²) in [5, 5.41) is 0.849. The van der Waals surface area contributed by atoms with Gasteiger partial charge in [-0.05, 0) is 19.1 Å². The third-order valence-electron chi connectivity index (χ3n) is 2.47. The van der Waals surface area contributed by atoms with E-state index < -0.39 is 0 Å². The largest absolute Gasteiger partial charge is 0.383 e. The molecule has 0 aliphatic carbocycles. The van der Waals surface area contributed by atoms with E-state index in [0.29, 0.717) is 4.88 Å². The van der Waals surface area contributed by atoms with Gasteiger partial charge in [-0.25, -0.2) is 4.98 Å². The van der Waals surface area contributed by atoms with Gasteiger partial charge in [-0.15, -0.1) is 11.3 Å². The first-order chi connectivity index (χ1) is 9.08. The highest BCUT2D eigenvalue weighted by atomic mass is 32.1. The summed E-state index contributed by atoms with van der Waals surface area (Å²) in [5.41, 5.74) is 1.75. The summed E-state index contributed by atoms with van der Waals surface area (Å²) in [4.78, 5) is 23.0. The SMILES string of the molecule is Cc1nc(-c2ccncc2)sc1C(=O)/C=C/N(C)C. The molecule has 4 nitrogen and oxygen atoms in total. The fraction of sp³-hybridized carbons (Fsp3) is 0.214. The van der Waals surface area contributed by atoms with Gasteiger partial charge in [-0.1, -0.05) is 0 Å². The third kappa shape index (κ3) is 3.26. The van der Waals surface area contributed by atoms with Gasteiger partial charge in [0.15, 0.2) is 5.78 Å². The molecule has 0 bridgehead atoms. The molecule has 0 saturated carbocycles. The Morgan fingerprint density at radius 1 is 1.32 bits per heavy atom. The summed E-state index contributed by atoms with van der Waals surface area (Å²) in [5.74, 6) is -0.0102. The summed E-state index contributed by atoms with van der Waals surface area (Å²) in [6, 6.07) is 3.78. The molecule has 19 heavy (non-hydrogen) atoms. The second-order valence-electron chi connectivity index (χ2n) is 4.31. The van der Waals surface area contributed by atoms with E-state index in [0.717, 1.165) is 16.3 Å². The average Bonchev–Trinajstić information content (AvgIpc) is 2.79. The molecule has 0 radical (unpaired) electrons. The molecule has 0 spiro atoms. The molecule has 0 saturated heterocycles. The minimum Gasteiger partial charge on any atom is -0.383 e. The Balaban J connectivity index is 2.29. The van der Waals surface area contributed by atoms with Crippen molar-refractivity contribution in [1.82, 2.24) is 14.9 Å². The van der Waals surface area contributed by atoms with Crippen molar-refractivity contribution in [2.45, 2.75) is 6.92 Å². The van der Waals surface area contributed by atoms with Crippen LogP contribution in [-0.4, -0.2) is 34.7 Å². The minimum atomic E-state index is -0.0102. The van der Waals surface area contributed by atoms with E-state index in [1.54, 1.807) is 24.7 Å². The van der Waals surface area contributed by atoms with Gasteiger partial charge in [0, 0.05) is 44.3 Å². The zero-order chi connectivity index (χ0) is 13.8. The highest BCUT2D eigenvalue weighted by Gasteiger charge is 2.14. The molecule has 5 heteroatoms. The van der Waals surface area contributed by atoms with Crippen LogP contribution in [0.15, 0.2) is 36.8 Å².